The van der Waals surface area contributed by atoms with Gasteiger partial charge in [0.05, 0.1) is 24.1 Å². The average Bonchev–Trinajstić information content (AvgIpc) is 2.38. The van der Waals surface area contributed by atoms with E-state index >= 15 is 0 Å². The summed E-state index contributed by atoms with van der Waals surface area (Å²) in [6.45, 7) is 2.38. The lowest BCUT2D eigenvalue weighted by Gasteiger charge is -2.05. The van der Waals surface area contributed by atoms with Gasteiger partial charge in [-0.3, -0.25) is 9.97 Å². The highest BCUT2D eigenvalue weighted by Gasteiger charge is 2.02. The van der Waals surface area contributed by atoms with Gasteiger partial charge in [0, 0.05) is 12.4 Å². The molecule has 0 fully saturated rings. The summed E-state index contributed by atoms with van der Waals surface area (Å²) in [6, 6.07) is 1.67. The first-order valence-electron chi connectivity index (χ1n) is 5.29. The molecule has 0 unspecified atom stereocenters. The molecule has 2 rings (SSSR count). The number of aromatic nitrogens is 4. The van der Waals surface area contributed by atoms with Gasteiger partial charge in [0.25, 0.3) is 0 Å². The maximum absolute atomic E-state index is 5.50. The summed E-state index contributed by atoms with van der Waals surface area (Å²) in [4.78, 5) is 16.9. The molecule has 0 aromatic carbocycles. The number of anilines is 1. The topological polar surface area (TPSA) is 89.6 Å². The van der Waals surface area contributed by atoms with Gasteiger partial charge in [-0.2, -0.15) is 0 Å². The molecule has 0 bridgehead atoms. The third-order valence-corrected chi connectivity index (χ3v) is 2.38. The van der Waals surface area contributed by atoms with E-state index in [0.717, 1.165) is 11.4 Å². The van der Waals surface area contributed by atoms with Crippen LogP contribution in [0.1, 0.15) is 17.1 Å². The molecule has 7 heteroatoms. The average molecular weight is 260 g/mol. The van der Waals surface area contributed by atoms with E-state index in [4.69, 9.17) is 18.0 Å². The normalized spacial score (nSPS) is 10.1. The van der Waals surface area contributed by atoms with Crippen LogP contribution < -0.4 is 11.1 Å². The molecule has 0 saturated carbocycles. The van der Waals surface area contributed by atoms with Gasteiger partial charge in [-0.25, -0.2) is 9.97 Å². The van der Waals surface area contributed by atoms with Crippen LogP contribution in [0, 0.1) is 6.92 Å². The van der Waals surface area contributed by atoms with Crippen LogP contribution in [0.5, 0.6) is 0 Å². The fraction of sp³-hybridized carbons (Fsp3) is 0.182. The van der Waals surface area contributed by atoms with Crippen LogP contribution in [0.25, 0.3) is 0 Å². The predicted molar refractivity (Wildman–Crippen MR) is 72.0 cm³/mol. The van der Waals surface area contributed by atoms with Crippen molar-refractivity contribution >= 4 is 23.2 Å². The predicted octanol–water partition coefficient (Wildman–Crippen LogP) is 0.821. The molecule has 18 heavy (non-hydrogen) atoms. The van der Waals surface area contributed by atoms with E-state index in [9.17, 15) is 0 Å². The molecule has 2 aromatic heterocycles. The van der Waals surface area contributed by atoms with E-state index in [-0.39, 0.29) is 4.99 Å². The first-order valence-corrected chi connectivity index (χ1v) is 5.70. The number of aryl methyl sites for hydroxylation is 1. The number of nitrogens with one attached hydrogen (secondary N) is 1. The SMILES string of the molecule is Cc1cnc(CNc2nccc(C(N)=S)n2)cn1. The molecule has 0 radical (unpaired) electrons. The Labute approximate surface area is 110 Å². The van der Waals surface area contributed by atoms with Gasteiger partial charge in [-0.05, 0) is 13.0 Å². The van der Waals surface area contributed by atoms with Crippen molar-refractivity contribution in [3.63, 3.8) is 0 Å². The summed E-state index contributed by atoms with van der Waals surface area (Å²) in [5.41, 5.74) is 7.73. The standard InChI is InChI=1S/C11H12N6S/c1-7-4-15-8(5-14-7)6-16-11-13-3-2-9(17-11)10(12)18/h2-5H,6H2,1H3,(H2,12,18)(H,13,16,17). The largest absolute Gasteiger partial charge is 0.388 e. The summed E-state index contributed by atoms with van der Waals surface area (Å²) in [5, 5.41) is 3.04. The lowest BCUT2D eigenvalue weighted by molar-refractivity contribution is 0.961. The van der Waals surface area contributed by atoms with Gasteiger partial charge in [-0.15, -0.1) is 0 Å². The lowest BCUT2D eigenvalue weighted by atomic mass is 10.4. The Morgan fingerprint density at radius 1 is 1.33 bits per heavy atom. The van der Waals surface area contributed by atoms with Crippen LogP contribution in [-0.4, -0.2) is 24.9 Å². The van der Waals surface area contributed by atoms with Gasteiger partial charge in [0.2, 0.25) is 5.95 Å². The summed E-state index contributed by atoms with van der Waals surface area (Å²) in [5.74, 6) is 0.461. The minimum Gasteiger partial charge on any atom is -0.388 e. The van der Waals surface area contributed by atoms with E-state index in [2.05, 4.69) is 25.3 Å². The fourth-order valence-electron chi connectivity index (χ4n) is 1.26. The molecule has 0 aliphatic heterocycles. The Balaban J connectivity index is 2.04. The Morgan fingerprint density at radius 3 is 2.83 bits per heavy atom. The van der Waals surface area contributed by atoms with Crippen molar-refractivity contribution in [3.05, 3.63) is 41.7 Å². The summed E-state index contributed by atoms with van der Waals surface area (Å²) in [7, 11) is 0. The minimum atomic E-state index is 0.246. The highest BCUT2D eigenvalue weighted by molar-refractivity contribution is 7.80. The third kappa shape index (κ3) is 3.17. The molecule has 0 saturated heterocycles. The molecular formula is C11H12N6S. The summed E-state index contributed by atoms with van der Waals surface area (Å²) >= 11 is 4.85. The second kappa shape index (κ2) is 5.46. The number of hydrogen-bond acceptors (Lipinski definition) is 6. The fourth-order valence-corrected chi connectivity index (χ4v) is 1.38. The smallest absolute Gasteiger partial charge is 0.223 e. The van der Waals surface area contributed by atoms with Crippen LogP contribution >= 0.6 is 12.2 Å². The van der Waals surface area contributed by atoms with E-state index in [1.807, 2.05) is 6.92 Å². The van der Waals surface area contributed by atoms with Crippen molar-refractivity contribution < 1.29 is 0 Å². The van der Waals surface area contributed by atoms with Crippen LogP contribution in [0.15, 0.2) is 24.7 Å². The quantitative estimate of drug-likeness (QED) is 0.786. The van der Waals surface area contributed by atoms with E-state index in [1.165, 1.54) is 0 Å². The highest BCUT2D eigenvalue weighted by Crippen LogP contribution is 2.02. The van der Waals surface area contributed by atoms with Crippen molar-refractivity contribution in [1.29, 1.82) is 0 Å². The Kier molecular flexibility index (Phi) is 3.73. The Hall–Kier alpha value is -2.15. The lowest BCUT2D eigenvalue weighted by Crippen LogP contribution is -2.14. The van der Waals surface area contributed by atoms with Crippen molar-refractivity contribution in [3.8, 4) is 0 Å². The molecule has 2 aromatic rings. The first kappa shape index (κ1) is 12.3. The van der Waals surface area contributed by atoms with Gasteiger partial charge < -0.3 is 11.1 Å². The van der Waals surface area contributed by atoms with E-state index < -0.39 is 0 Å². The Bertz CT molecular complexity index is 554. The number of rotatable bonds is 4. The van der Waals surface area contributed by atoms with Crippen LogP contribution in [-0.2, 0) is 6.54 Å². The number of nitrogens with zero attached hydrogens (tertiary/aromatic N) is 4. The molecular weight excluding hydrogens is 248 g/mol. The molecule has 2 heterocycles. The number of thiocarbonyl (C=S) groups is 1. The highest BCUT2D eigenvalue weighted by atomic mass is 32.1. The monoisotopic (exact) mass is 260 g/mol. The maximum atomic E-state index is 5.50. The van der Waals surface area contributed by atoms with E-state index in [1.54, 1.807) is 24.7 Å². The molecule has 0 spiro atoms. The van der Waals surface area contributed by atoms with Gasteiger partial charge >= 0.3 is 0 Å². The van der Waals surface area contributed by atoms with Gasteiger partial charge in [-0.1, -0.05) is 12.2 Å². The zero-order valence-corrected chi connectivity index (χ0v) is 10.6. The van der Waals surface area contributed by atoms with Gasteiger partial charge in [0.15, 0.2) is 0 Å². The van der Waals surface area contributed by atoms with Crippen LogP contribution in [0.2, 0.25) is 0 Å². The number of nitrogens with two attached hydrogens (primary N) is 1. The van der Waals surface area contributed by atoms with Gasteiger partial charge in [0.1, 0.15) is 10.7 Å². The summed E-state index contributed by atoms with van der Waals surface area (Å²) in [6.07, 6.45) is 5.02. The molecule has 6 nitrogen and oxygen atoms in total. The van der Waals surface area contributed by atoms with Crippen molar-refractivity contribution in [2.45, 2.75) is 13.5 Å². The molecule has 0 atom stereocenters. The molecule has 0 aliphatic rings. The van der Waals surface area contributed by atoms with Crippen LogP contribution in [0.3, 0.4) is 0 Å². The summed E-state index contributed by atoms with van der Waals surface area (Å²) < 4.78 is 0. The second-order valence-electron chi connectivity index (χ2n) is 3.63. The molecule has 3 N–H and O–H groups in total. The third-order valence-electron chi connectivity index (χ3n) is 2.17. The second-order valence-corrected chi connectivity index (χ2v) is 4.07. The molecule has 92 valence electrons. The molecule has 0 amide bonds. The maximum Gasteiger partial charge on any atom is 0.223 e. The first-order chi connectivity index (χ1) is 8.65. The Morgan fingerprint density at radius 2 is 2.17 bits per heavy atom. The minimum absolute atomic E-state index is 0.246. The number of hydrogen-bond donors (Lipinski definition) is 2. The zero-order valence-electron chi connectivity index (χ0n) is 9.79. The van der Waals surface area contributed by atoms with E-state index in [0.29, 0.717) is 18.2 Å². The molecule has 0 aliphatic carbocycles. The van der Waals surface area contributed by atoms with Crippen molar-refractivity contribution in [2.75, 3.05) is 5.32 Å². The zero-order chi connectivity index (χ0) is 13.0. The van der Waals surface area contributed by atoms with Crippen molar-refractivity contribution in [2.24, 2.45) is 5.73 Å². The van der Waals surface area contributed by atoms with Crippen molar-refractivity contribution in [1.82, 2.24) is 19.9 Å². The van der Waals surface area contributed by atoms with Crippen LogP contribution in [0.4, 0.5) is 5.95 Å².